The van der Waals surface area contributed by atoms with Crippen LogP contribution in [0, 0.1) is 11.3 Å². The highest BCUT2D eigenvalue weighted by molar-refractivity contribution is 5.88. The van der Waals surface area contributed by atoms with Gasteiger partial charge in [-0.1, -0.05) is 0 Å². The molecule has 0 N–H and O–H groups in total. The molecule has 118 valence electrons. The van der Waals surface area contributed by atoms with Gasteiger partial charge in [0.1, 0.15) is 5.60 Å². The van der Waals surface area contributed by atoms with Gasteiger partial charge in [-0.25, -0.2) is 4.79 Å². The quantitative estimate of drug-likeness (QED) is 0.727. The zero-order valence-corrected chi connectivity index (χ0v) is 13.1. The van der Waals surface area contributed by atoms with E-state index in [-0.39, 0.29) is 17.4 Å². The first-order chi connectivity index (χ1) is 9.82. The summed E-state index contributed by atoms with van der Waals surface area (Å²) >= 11 is 0. The molecule has 0 radical (unpaired) electrons. The van der Waals surface area contributed by atoms with E-state index in [2.05, 4.69) is 0 Å². The van der Waals surface area contributed by atoms with Crippen LogP contribution in [0.1, 0.15) is 27.2 Å². The summed E-state index contributed by atoms with van der Waals surface area (Å²) in [6.07, 6.45) is 0.603. The molecule has 0 aromatic heterocycles. The molecule has 0 aromatic carbocycles. The number of carbonyl (C=O) groups is 2. The van der Waals surface area contributed by atoms with Crippen LogP contribution in [-0.2, 0) is 14.3 Å². The van der Waals surface area contributed by atoms with Crippen LogP contribution in [-0.4, -0.2) is 66.8 Å². The Kier molecular flexibility index (Phi) is 3.39. The van der Waals surface area contributed by atoms with Crippen LogP contribution < -0.4 is 0 Å². The fraction of sp³-hybridized carbons (Fsp3) is 0.867. The number of piperidine rings is 1. The average Bonchev–Trinajstić information content (AvgIpc) is 2.99. The minimum atomic E-state index is -0.495. The van der Waals surface area contributed by atoms with Gasteiger partial charge in [0.15, 0.2) is 0 Å². The monoisotopic (exact) mass is 296 g/mol. The molecule has 3 rings (SSSR count). The highest BCUT2D eigenvalue weighted by Crippen LogP contribution is 2.59. The molecule has 0 aromatic rings. The second-order valence-electron chi connectivity index (χ2n) is 7.32. The minimum absolute atomic E-state index is 0.196. The molecular weight excluding hydrogens is 272 g/mol. The molecule has 21 heavy (non-hydrogen) atoms. The van der Waals surface area contributed by atoms with Crippen molar-refractivity contribution in [2.24, 2.45) is 11.3 Å². The molecule has 3 fully saturated rings. The van der Waals surface area contributed by atoms with E-state index in [4.69, 9.17) is 9.47 Å². The molecular formula is C15H24N2O4. The fourth-order valence-corrected chi connectivity index (χ4v) is 3.36. The molecule has 2 amide bonds. The third kappa shape index (κ3) is 2.73. The van der Waals surface area contributed by atoms with Crippen molar-refractivity contribution in [1.29, 1.82) is 0 Å². The molecule has 0 bridgehead atoms. The number of hydrogen-bond donors (Lipinski definition) is 0. The van der Waals surface area contributed by atoms with Gasteiger partial charge in [-0.15, -0.1) is 0 Å². The van der Waals surface area contributed by atoms with Gasteiger partial charge in [-0.3, -0.25) is 4.79 Å². The first-order valence-corrected chi connectivity index (χ1v) is 7.67. The lowest BCUT2D eigenvalue weighted by Gasteiger charge is -2.31. The van der Waals surface area contributed by atoms with E-state index in [9.17, 15) is 9.59 Å². The zero-order chi connectivity index (χ0) is 15.3. The SMILES string of the molecule is CC(C)(C)OC(=O)N1C[C@H]2C[C@@]2(C(=O)N2CCOCC2)C1. The molecule has 1 saturated carbocycles. The van der Waals surface area contributed by atoms with Gasteiger partial charge in [0.05, 0.1) is 18.6 Å². The average molecular weight is 296 g/mol. The van der Waals surface area contributed by atoms with Crippen molar-refractivity contribution in [3.05, 3.63) is 0 Å². The van der Waals surface area contributed by atoms with Crippen LogP contribution in [0.25, 0.3) is 0 Å². The van der Waals surface area contributed by atoms with Crippen molar-refractivity contribution in [3.63, 3.8) is 0 Å². The van der Waals surface area contributed by atoms with E-state index in [1.807, 2.05) is 25.7 Å². The normalized spacial score (nSPS) is 31.9. The fourth-order valence-electron chi connectivity index (χ4n) is 3.36. The van der Waals surface area contributed by atoms with Gasteiger partial charge in [0, 0.05) is 26.2 Å². The van der Waals surface area contributed by atoms with Crippen molar-refractivity contribution in [2.45, 2.75) is 32.8 Å². The molecule has 0 unspecified atom stereocenters. The lowest BCUT2D eigenvalue weighted by molar-refractivity contribution is -0.141. The Morgan fingerprint density at radius 1 is 1.19 bits per heavy atom. The highest BCUT2D eigenvalue weighted by atomic mass is 16.6. The summed E-state index contributed by atoms with van der Waals surface area (Å²) in [7, 11) is 0. The van der Waals surface area contributed by atoms with Crippen molar-refractivity contribution < 1.29 is 19.1 Å². The van der Waals surface area contributed by atoms with Gasteiger partial charge in [-0.2, -0.15) is 0 Å². The molecule has 1 aliphatic carbocycles. The number of hydrogen-bond acceptors (Lipinski definition) is 4. The molecule has 2 heterocycles. The number of ether oxygens (including phenoxy) is 2. The molecule has 2 saturated heterocycles. The summed E-state index contributed by atoms with van der Waals surface area (Å²) in [6, 6.07) is 0. The van der Waals surface area contributed by atoms with Crippen molar-refractivity contribution in [3.8, 4) is 0 Å². The largest absolute Gasteiger partial charge is 0.444 e. The zero-order valence-electron chi connectivity index (χ0n) is 13.1. The van der Waals surface area contributed by atoms with Crippen LogP contribution in [0.2, 0.25) is 0 Å². The molecule has 2 aliphatic heterocycles. The Morgan fingerprint density at radius 2 is 1.86 bits per heavy atom. The number of carbonyl (C=O) groups excluding carboxylic acids is 2. The smallest absolute Gasteiger partial charge is 0.410 e. The molecule has 2 atom stereocenters. The summed E-state index contributed by atoms with van der Waals surface area (Å²) < 4.78 is 10.7. The van der Waals surface area contributed by atoms with Gasteiger partial charge in [-0.05, 0) is 33.1 Å². The minimum Gasteiger partial charge on any atom is -0.444 e. The van der Waals surface area contributed by atoms with Crippen LogP contribution in [0.15, 0.2) is 0 Å². The first kappa shape index (κ1) is 14.6. The van der Waals surface area contributed by atoms with Gasteiger partial charge < -0.3 is 19.3 Å². The summed E-state index contributed by atoms with van der Waals surface area (Å²) in [6.45, 7) is 9.28. The van der Waals surface area contributed by atoms with Crippen molar-refractivity contribution in [2.75, 3.05) is 39.4 Å². The maximum atomic E-state index is 12.7. The van der Waals surface area contributed by atoms with E-state index in [0.717, 1.165) is 6.42 Å². The predicted molar refractivity (Wildman–Crippen MR) is 75.7 cm³/mol. The highest BCUT2D eigenvalue weighted by Gasteiger charge is 2.66. The second-order valence-corrected chi connectivity index (χ2v) is 7.32. The Bertz CT molecular complexity index is 453. The van der Waals surface area contributed by atoms with Gasteiger partial charge in [0.2, 0.25) is 5.91 Å². The standard InChI is InChI=1S/C15H24N2O4/c1-14(2,3)21-13(19)17-9-11-8-15(11,10-17)12(18)16-4-6-20-7-5-16/h11H,4-10H2,1-3H3/t11-,15-/m1/s1. The Balaban J connectivity index is 1.61. The third-order valence-electron chi connectivity index (χ3n) is 4.52. The van der Waals surface area contributed by atoms with Gasteiger partial charge in [0.25, 0.3) is 0 Å². The maximum absolute atomic E-state index is 12.7. The van der Waals surface area contributed by atoms with E-state index in [1.165, 1.54) is 0 Å². The predicted octanol–water partition coefficient (Wildman–Crippen LogP) is 1.10. The Hall–Kier alpha value is -1.30. The number of fused-ring (bicyclic) bond motifs is 1. The number of likely N-dealkylation sites (tertiary alicyclic amines) is 1. The van der Waals surface area contributed by atoms with E-state index >= 15 is 0 Å². The van der Waals surface area contributed by atoms with E-state index in [0.29, 0.717) is 45.3 Å². The number of amides is 2. The summed E-state index contributed by atoms with van der Waals surface area (Å²) in [4.78, 5) is 28.4. The van der Waals surface area contributed by atoms with Crippen LogP contribution in [0.3, 0.4) is 0 Å². The molecule has 6 heteroatoms. The van der Waals surface area contributed by atoms with Crippen LogP contribution in [0.4, 0.5) is 4.79 Å². The first-order valence-electron chi connectivity index (χ1n) is 7.67. The Morgan fingerprint density at radius 3 is 2.48 bits per heavy atom. The number of rotatable bonds is 1. The van der Waals surface area contributed by atoms with E-state index < -0.39 is 5.60 Å². The van der Waals surface area contributed by atoms with E-state index in [1.54, 1.807) is 4.90 Å². The maximum Gasteiger partial charge on any atom is 0.410 e. The molecule has 0 spiro atoms. The number of nitrogens with zero attached hydrogens (tertiary/aromatic N) is 2. The third-order valence-corrected chi connectivity index (χ3v) is 4.52. The lowest BCUT2D eigenvalue weighted by atomic mass is 10.0. The van der Waals surface area contributed by atoms with Crippen molar-refractivity contribution >= 4 is 12.0 Å². The lowest BCUT2D eigenvalue weighted by Crippen LogP contribution is -2.46. The Labute approximate surface area is 125 Å². The van der Waals surface area contributed by atoms with Crippen LogP contribution >= 0.6 is 0 Å². The number of morpholine rings is 1. The second kappa shape index (κ2) is 4.87. The van der Waals surface area contributed by atoms with Gasteiger partial charge >= 0.3 is 6.09 Å². The molecule has 3 aliphatic rings. The van der Waals surface area contributed by atoms with Crippen LogP contribution in [0.5, 0.6) is 0 Å². The molecule has 6 nitrogen and oxygen atoms in total. The summed E-state index contributed by atoms with van der Waals surface area (Å²) in [5.41, 5.74) is -0.834. The summed E-state index contributed by atoms with van der Waals surface area (Å²) in [5.74, 6) is 0.502. The topological polar surface area (TPSA) is 59.1 Å². The summed E-state index contributed by atoms with van der Waals surface area (Å²) in [5, 5.41) is 0. The van der Waals surface area contributed by atoms with Crippen molar-refractivity contribution in [1.82, 2.24) is 9.80 Å².